The van der Waals surface area contributed by atoms with E-state index in [1.54, 1.807) is 0 Å². The topological polar surface area (TPSA) is 12.4 Å². The molecule has 0 amide bonds. The van der Waals surface area contributed by atoms with Gasteiger partial charge in [-0.1, -0.05) is 27.2 Å². The molecule has 0 radical (unpaired) electrons. The molecule has 0 aliphatic rings. The van der Waals surface area contributed by atoms with Gasteiger partial charge in [0, 0.05) is 6.54 Å². The molecule has 0 unspecified atom stereocenters. The van der Waals surface area contributed by atoms with Crippen LogP contribution in [0.1, 0.15) is 33.6 Å². The highest BCUT2D eigenvalue weighted by Gasteiger charge is 1.86. The zero-order valence-electron chi connectivity index (χ0n) is 6.72. The number of hydrogen-bond acceptors (Lipinski definition) is 1. The van der Waals surface area contributed by atoms with Gasteiger partial charge in [0.2, 0.25) is 0 Å². The van der Waals surface area contributed by atoms with Crippen LogP contribution in [0.25, 0.3) is 0 Å². The minimum absolute atomic E-state index is 0.707. The molecule has 1 heteroatoms. The molecule has 0 fully saturated rings. The fourth-order valence-corrected chi connectivity index (χ4v) is 0.506. The molecule has 0 bridgehead atoms. The zero-order valence-corrected chi connectivity index (χ0v) is 6.72. The van der Waals surface area contributed by atoms with E-state index in [1.807, 2.05) is 6.21 Å². The van der Waals surface area contributed by atoms with E-state index in [9.17, 15) is 0 Å². The van der Waals surface area contributed by atoms with E-state index in [1.165, 1.54) is 6.42 Å². The molecular formula is C8H17N. The highest BCUT2D eigenvalue weighted by atomic mass is 14.7. The maximum absolute atomic E-state index is 4.24. The van der Waals surface area contributed by atoms with E-state index in [0.717, 1.165) is 13.0 Å². The standard InChI is InChI=1S/C8H17N/c1-4-5-6-9-7-8(2)3/h6,8H,4-5,7H2,1-3H3. The van der Waals surface area contributed by atoms with Crippen LogP contribution in [0.15, 0.2) is 4.99 Å². The third kappa shape index (κ3) is 7.67. The summed E-state index contributed by atoms with van der Waals surface area (Å²) in [4.78, 5) is 4.24. The van der Waals surface area contributed by atoms with Gasteiger partial charge in [0.1, 0.15) is 0 Å². The van der Waals surface area contributed by atoms with Crippen molar-refractivity contribution in [2.75, 3.05) is 6.54 Å². The number of rotatable bonds is 4. The number of unbranched alkanes of at least 4 members (excludes halogenated alkanes) is 1. The Labute approximate surface area is 58.2 Å². The molecule has 0 saturated carbocycles. The molecule has 0 rings (SSSR count). The monoisotopic (exact) mass is 127 g/mol. The van der Waals surface area contributed by atoms with Gasteiger partial charge >= 0.3 is 0 Å². The largest absolute Gasteiger partial charge is 0.297 e. The predicted octanol–water partition coefficient (Wildman–Crippen LogP) is 2.51. The van der Waals surface area contributed by atoms with E-state index in [-0.39, 0.29) is 0 Å². The van der Waals surface area contributed by atoms with Crippen LogP contribution >= 0.6 is 0 Å². The zero-order chi connectivity index (χ0) is 7.11. The van der Waals surface area contributed by atoms with Crippen molar-refractivity contribution in [2.24, 2.45) is 10.9 Å². The summed E-state index contributed by atoms with van der Waals surface area (Å²) in [6.45, 7) is 7.52. The maximum atomic E-state index is 4.24. The SMILES string of the molecule is CCCC=NCC(C)C. The fraction of sp³-hybridized carbons (Fsp3) is 0.875. The summed E-state index contributed by atoms with van der Waals surface area (Å²) in [6, 6.07) is 0. The summed E-state index contributed by atoms with van der Waals surface area (Å²) in [7, 11) is 0. The summed E-state index contributed by atoms with van der Waals surface area (Å²) in [5.41, 5.74) is 0. The molecule has 0 aromatic rings. The van der Waals surface area contributed by atoms with Crippen LogP contribution in [0.2, 0.25) is 0 Å². The van der Waals surface area contributed by atoms with Crippen molar-refractivity contribution in [2.45, 2.75) is 33.6 Å². The van der Waals surface area contributed by atoms with Crippen molar-refractivity contribution >= 4 is 6.21 Å². The first kappa shape index (κ1) is 8.67. The molecule has 1 nitrogen and oxygen atoms in total. The number of hydrogen-bond donors (Lipinski definition) is 0. The molecular weight excluding hydrogens is 110 g/mol. The Hall–Kier alpha value is -0.330. The molecule has 0 saturated heterocycles. The van der Waals surface area contributed by atoms with Crippen LogP contribution in [0, 0.1) is 5.92 Å². The van der Waals surface area contributed by atoms with Gasteiger partial charge in [-0.05, 0) is 18.6 Å². The Bertz CT molecular complexity index is 74.6. The lowest BCUT2D eigenvalue weighted by Gasteiger charge is -1.95. The van der Waals surface area contributed by atoms with E-state index in [2.05, 4.69) is 25.8 Å². The van der Waals surface area contributed by atoms with Crippen LogP contribution in [-0.2, 0) is 0 Å². The van der Waals surface area contributed by atoms with E-state index >= 15 is 0 Å². The molecule has 54 valence electrons. The average molecular weight is 127 g/mol. The Balaban J connectivity index is 3.04. The number of aliphatic imine (C=N–C) groups is 1. The second kappa shape index (κ2) is 5.80. The van der Waals surface area contributed by atoms with E-state index in [0.29, 0.717) is 5.92 Å². The van der Waals surface area contributed by atoms with Crippen LogP contribution in [0.5, 0.6) is 0 Å². The van der Waals surface area contributed by atoms with Gasteiger partial charge in [-0.25, -0.2) is 0 Å². The van der Waals surface area contributed by atoms with Crippen molar-refractivity contribution in [1.29, 1.82) is 0 Å². The molecule has 0 N–H and O–H groups in total. The van der Waals surface area contributed by atoms with Gasteiger partial charge in [-0.3, -0.25) is 4.99 Å². The van der Waals surface area contributed by atoms with Crippen molar-refractivity contribution in [1.82, 2.24) is 0 Å². The van der Waals surface area contributed by atoms with Gasteiger partial charge in [0.15, 0.2) is 0 Å². The van der Waals surface area contributed by atoms with Crippen molar-refractivity contribution in [3.63, 3.8) is 0 Å². The molecule has 0 aliphatic carbocycles. The fourth-order valence-electron chi connectivity index (χ4n) is 0.506. The van der Waals surface area contributed by atoms with E-state index in [4.69, 9.17) is 0 Å². The van der Waals surface area contributed by atoms with E-state index < -0.39 is 0 Å². The molecule has 9 heavy (non-hydrogen) atoms. The molecule has 0 aromatic heterocycles. The first-order chi connectivity index (χ1) is 4.27. The minimum Gasteiger partial charge on any atom is -0.297 e. The minimum atomic E-state index is 0.707. The Morgan fingerprint density at radius 1 is 1.44 bits per heavy atom. The first-order valence-corrected chi connectivity index (χ1v) is 3.75. The second-order valence-corrected chi connectivity index (χ2v) is 2.73. The van der Waals surface area contributed by atoms with Crippen molar-refractivity contribution < 1.29 is 0 Å². The maximum Gasteiger partial charge on any atom is 0.0408 e. The molecule has 0 heterocycles. The third-order valence-corrected chi connectivity index (χ3v) is 1.02. The third-order valence-electron chi connectivity index (χ3n) is 1.02. The quantitative estimate of drug-likeness (QED) is 0.514. The smallest absolute Gasteiger partial charge is 0.0408 e. The summed E-state index contributed by atoms with van der Waals surface area (Å²) < 4.78 is 0. The molecule has 0 aromatic carbocycles. The summed E-state index contributed by atoms with van der Waals surface area (Å²) in [5.74, 6) is 0.707. The van der Waals surface area contributed by atoms with Gasteiger partial charge in [0.25, 0.3) is 0 Å². The van der Waals surface area contributed by atoms with Crippen LogP contribution < -0.4 is 0 Å². The van der Waals surface area contributed by atoms with Crippen LogP contribution in [0.4, 0.5) is 0 Å². The molecule has 0 spiro atoms. The van der Waals surface area contributed by atoms with Gasteiger partial charge in [-0.15, -0.1) is 0 Å². The predicted molar refractivity (Wildman–Crippen MR) is 43.1 cm³/mol. The summed E-state index contributed by atoms with van der Waals surface area (Å²) in [5, 5.41) is 0. The van der Waals surface area contributed by atoms with Crippen LogP contribution in [0.3, 0.4) is 0 Å². The molecule has 0 atom stereocenters. The Kier molecular flexibility index (Phi) is 5.59. The summed E-state index contributed by atoms with van der Waals surface area (Å²) in [6.07, 6.45) is 4.37. The number of nitrogens with zero attached hydrogens (tertiary/aromatic N) is 1. The highest BCUT2D eigenvalue weighted by Crippen LogP contribution is 1.91. The summed E-state index contributed by atoms with van der Waals surface area (Å²) >= 11 is 0. The van der Waals surface area contributed by atoms with Gasteiger partial charge < -0.3 is 0 Å². The van der Waals surface area contributed by atoms with Gasteiger partial charge in [0.05, 0.1) is 0 Å². The first-order valence-electron chi connectivity index (χ1n) is 3.75. The second-order valence-electron chi connectivity index (χ2n) is 2.73. The highest BCUT2D eigenvalue weighted by molar-refractivity contribution is 5.56. The van der Waals surface area contributed by atoms with Gasteiger partial charge in [-0.2, -0.15) is 0 Å². The van der Waals surface area contributed by atoms with Crippen molar-refractivity contribution in [3.8, 4) is 0 Å². The van der Waals surface area contributed by atoms with Crippen molar-refractivity contribution in [3.05, 3.63) is 0 Å². The normalized spacial score (nSPS) is 11.6. The van der Waals surface area contributed by atoms with Crippen LogP contribution in [-0.4, -0.2) is 12.8 Å². The Morgan fingerprint density at radius 2 is 2.11 bits per heavy atom. The Morgan fingerprint density at radius 3 is 2.56 bits per heavy atom. The lowest BCUT2D eigenvalue weighted by molar-refractivity contribution is 0.666. The average Bonchev–Trinajstić information content (AvgIpc) is 1.80. The lowest BCUT2D eigenvalue weighted by atomic mass is 10.2. The lowest BCUT2D eigenvalue weighted by Crippen LogP contribution is -1.91. The molecule has 0 aliphatic heterocycles.